The van der Waals surface area contributed by atoms with Crippen LogP contribution in [0.4, 0.5) is 13.2 Å². The molecule has 2 heterocycles. The predicted molar refractivity (Wildman–Crippen MR) is 83.5 cm³/mol. The zero-order chi connectivity index (χ0) is 17.2. The summed E-state index contributed by atoms with van der Waals surface area (Å²) < 4.78 is 43.6. The van der Waals surface area contributed by atoms with Gasteiger partial charge in [-0.25, -0.2) is 0 Å². The van der Waals surface area contributed by atoms with E-state index in [9.17, 15) is 18.3 Å². The van der Waals surface area contributed by atoms with Crippen LogP contribution in [0.25, 0.3) is 0 Å². The summed E-state index contributed by atoms with van der Waals surface area (Å²) in [6.45, 7) is 6.06. The Morgan fingerprint density at radius 1 is 1.08 bits per heavy atom. The summed E-state index contributed by atoms with van der Waals surface area (Å²) in [5, 5.41) is 9.50. The average Bonchev–Trinajstić information content (AvgIpc) is 2.52. The number of rotatable bonds is 5. The molecular weight excluding hydrogens is 321 g/mol. The second-order valence-electron chi connectivity index (χ2n) is 6.90. The molecule has 134 valence electrons. The Morgan fingerprint density at radius 2 is 1.75 bits per heavy atom. The van der Waals surface area contributed by atoms with Crippen LogP contribution in [-0.4, -0.2) is 67.5 Å². The molecule has 0 saturated carbocycles. The summed E-state index contributed by atoms with van der Waals surface area (Å²) in [6.07, 6.45) is -4.29. The molecule has 0 amide bonds. The highest BCUT2D eigenvalue weighted by Crippen LogP contribution is 2.30. The Hall–Kier alpha value is -1.15. The lowest BCUT2D eigenvalue weighted by atomic mass is 9.86. The van der Waals surface area contributed by atoms with Crippen molar-refractivity contribution in [2.45, 2.75) is 12.7 Å². The van der Waals surface area contributed by atoms with Crippen molar-refractivity contribution in [3.05, 3.63) is 35.4 Å². The lowest BCUT2D eigenvalue weighted by Crippen LogP contribution is -2.56. The fourth-order valence-electron chi connectivity index (χ4n) is 3.31. The first-order chi connectivity index (χ1) is 11.4. The topological polar surface area (TPSA) is 35.9 Å². The monoisotopic (exact) mass is 344 g/mol. The normalized spacial score (nSPS) is 22.3. The first-order valence-corrected chi connectivity index (χ1v) is 8.20. The molecule has 0 aromatic heterocycles. The smallest absolute Gasteiger partial charge is 0.396 e. The molecule has 2 aliphatic rings. The molecule has 2 fully saturated rings. The maximum absolute atomic E-state index is 12.8. The van der Waals surface area contributed by atoms with Gasteiger partial charge in [0, 0.05) is 39.3 Å². The minimum atomic E-state index is -4.29. The molecule has 3 rings (SSSR count). The summed E-state index contributed by atoms with van der Waals surface area (Å²) in [5.41, 5.74) is -0.0190. The zero-order valence-electron chi connectivity index (χ0n) is 13.6. The Kier molecular flexibility index (Phi) is 5.15. The van der Waals surface area contributed by atoms with Gasteiger partial charge >= 0.3 is 6.18 Å². The summed E-state index contributed by atoms with van der Waals surface area (Å²) in [4.78, 5) is 4.48. The van der Waals surface area contributed by atoms with Crippen LogP contribution in [0.5, 0.6) is 0 Å². The van der Waals surface area contributed by atoms with Crippen molar-refractivity contribution in [1.29, 1.82) is 0 Å². The van der Waals surface area contributed by atoms with Gasteiger partial charge in [-0.2, -0.15) is 13.2 Å². The van der Waals surface area contributed by atoms with Gasteiger partial charge in [-0.15, -0.1) is 0 Å². The van der Waals surface area contributed by atoms with Gasteiger partial charge in [-0.3, -0.25) is 9.80 Å². The van der Waals surface area contributed by atoms with E-state index in [-0.39, 0.29) is 12.0 Å². The molecule has 0 bridgehead atoms. The Bertz CT molecular complexity index is 548. The van der Waals surface area contributed by atoms with Gasteiger partial charge in [-0.1, -0.05) is 18.2 Å². The van der Waals surface area contributed by atoms with Gasteiger partial charge in [0.1, 0.15) is 0 Å². The molecule has 7 heteroatoms. The second-order valence-corrected chi connectivity index (χ2v) is 6.90. The van der Waals surface area contributed by atoms with E-state index in [1.54, 1.807) is 6.07 Å². The molecule has 4 nitrogen and oxygen atoms in total. The zero-order valence-corrected chi connectivity index (χ0v) is 13.6. The lowest BCUT2D eigenvalue weighted by molar-refractivity contribution is -0.150. The summed E-state index contributed by atoms with van der Waals surface area (Å²) in [7, 11) is 0. The van der Waals surface area contributed by atoms with Crippen LogP contribution >= 0.6 is 0 Å². The fraction of sp³-hybridized carbons (Fsp3) is 0.647. The molecule has 0 unspecified atom stereocenters. The first kappa shape index (κ1) is 17.7. The van der Waals surface area contributed by atoms with E-state index in [2.05, 4.69) is 9.80 Å². The summed E-state index contributed by atoms with van der Waals surface area (Å²) in [6, 6.07) is 5.55. The van der Waals surface area contributed by atoms with Crippen LogP contribution in [0.15, 0.2) is 24.3 Å². The van der Waals surface area contributed by atoms with E-state index in [0.717, 1.165) is 38.8 Å². The largest absolute Gasteiger partial charge is 0.416 e. The maximum Gasteiger partial charge on any atom is 0.416 e. The van der Waals surface area contributed by atoms with Crippen molar-refractivity contribution in [2.24, 2.45) is 5.41 Å². The van der Waals surface area contributed by atoms with Crippen LogP contribution in [0.3, 0.4) is 0 Å². The summed E-state index contributed by atoms with van der Waals surface area (Å²) in [5.74, 6) is 0. The SMILES string of the molecule is OCC1(CN2CCN(Cc3cccc(C(F)(F)F)c3)CC2)COC1. The van der Waals surface area contributed by atoms with E-state index >= 15 is 0 Å². The number of piperazine rings is 1. The van der Waals surface area contributed by atoms with Crippen molar-refractivity contribution in [3.63, 3.8) is 0 Å². The molecule has 2 saturated heterocycles. The number of hydrogen-bond donors (Lipinski definition) is 1. The number of alkyl halides is 3. The maximum atomic E-state index is 12.8. The van der Waals surface area contributed by atoms with Crippen LogP contribution in [0.2, 0.25) is 0 Å². The van der Waals surface area contributed by atoms with Gasteiger partial charge < -0.3 is 9.84 Å². The standard InChI is InChI=1S/C17H23F3N2O2/c18-17(19,20)15-3-1-2-14(8-15)9-21-4-6-22(7-5-21)10-16(11-23)12-24-13-16/h1-3,8,23H,4-7,9-13H2. The molecule has 0 radical (unpaired) electrons. The van der Waals surface area contributed by atoms with Crippen molar-refractivity contribution >= 4 is 0 Å². The Balaban J connectivity index is 1.50. The molecule has 1 aromatic carbocycles. The third-order valence-corrected chi connectivity index (χ3v) is 4.84. The van der Waals surface area contributed by atoms with Gasteiger partial charge in [0.2, 0.25) is 0 Å². The third kappa shape index (κ3) is 4.08. The van der Waals surface area contributed by atoms with Crippen LogP contribution in [0.1, 0.15) is 11.1 Å². The lowest BCUT2D eigenvalue weighted by Gasteiger charge is -2.45. The van der Waals surface area contributed by atoms with Gasteiger partial charge in [-0.05, 0) is 11.6 Å². The molecule has 0 aliphatic carbocycles. The molecule has 0 spiro atoms. The first-order valence-electron chi connectivity index (χ1n) is 8.20. The predicted octanol–water partition coefficient (Wildman–Crippen LogP) is 1.83. The molecule has 1 N–H and O–H groups in total. The number of aliphatic hydroxyl groups excluding tert-OH is 1. The van der Waals surface area contributed by atoms with Crippen LogP contribution in [-0.2, 0) is 17.5 Å². The van der Waals surface area contributed by atoms with Crippen LogP contribution in [0, 0.1) is 5.41 Å². The fourth-order valence-corrected chi connectivity index (χ4v) is 3.31. The highest BCUT2D eigenvalue weighted by molar-refractivity contribution is 5.25. The van der Waals surface area contributed by atoms with Crippen molar-refractivity contribution in [3.8, 4) is 0 Å². The average molecular weight is 344 g/mol. The molecule has 2 aliphatic heterocycles. The minimum absolute atomic E-state index is 0.122. The van der Waals surface area contributed by atoms with Crippen molar-refractivity contribution < 1.29 is 23.0 Å². The number of halogens is 3. The Morgan fingerprint density at radius 3 is 2.29 bits per heavy atom. The Labute approximate surface area is 139 Å². The molecular formula is C17H23F3N2O2. The minimum Gasteiger partial charge on any atom is -0.396 e. The quantitative estimate of drug-likeness (QED) is 0.884. The van der Waals surface area contributed by atoms with Gasteiger partial charge in [0.15, 0.2) is 0 Å². The van der Waals surface area contributed by atoms with E-state index in [1.165, 1.54) is 12.1 Å². The third-order valence-electron chi connectivity index (χ3n) is 4.84. The number of benzene rings is 1. The number of hydrogen-bond acceptors (Lipinski definition) is 4. The van der Waals surface area contributed by atoms with E-state index < -0.39 is 11.7 Å². The second kappa shape index (κ2) is 7.00. The molecule has 24 heavy (non-hydrogen) atoms. The van der Waals surface area contributed by atoms with Crippen LogP contribution < -0.4 is 0 Å². The van der Waals surface area contributed by atoms with Gasteiger partial charge in [0.25, 0.3) is 0 Å². The van der Waals surface area contributed by atoms with Crippen molar-refractivity contribution in [2.75, 3.05) is 52.5 Å². The summed E-state index contributed by atoms with van der Waals surface area (Å²) >= 11 is 0. The van der Waals surface area contributed by atoms with E-state index in [0.29, 0.717) is 25.3 Å². The number of nitrogens with zero attached hydrogens (tertiary/aromatic N) is 2. The van der Waals surface area contributed by atoms with E-state index in [1.807, 2.05) is 0 Å². The van der Waals surface area contributed by atoms with E-state index in [4.69, 9.17) is 4.74 Å². The van der Waals surface area contributed by atoms with Crippen molar-refractivity contribution in [1.82, 2.24) is 9.80 Å². The highest BCUT2D eigenvalue weighted by Gasteiger charge is 2.40. The number of aliphatic hydroxyl groups is 1. The van der Waals surface area contributed by atoms with Gasteiger partial charge in [0.05, 0.1) is 30.8 Å². The molecule has 1 aromatic rings. The number of ether oxygens (including phenoxy) is 1. The molecule has 0 atom stereocenters. The highest BCUT2D eigenvalue weighted by atomic mass is 19.4.